The molecule has 0 saturated carbocycles. The summed E-state index contributed by atoms with van der Waals surface area (Å²) in [6.45, 7) is 2.57. The molecule has 0 atom stereocenters. The lowest BCUT2D eigenvalue weighted by molar-refractivity contribution is -0.384. The highest BCUT2D eigenvalue weighted by molar-refractivity contribution is 6.10. The van der Waals surface area contributed by atoms with Gasteiger partial charge in [0.1, 0.15) is 5.75 Å². The third-order valence-corrected chi connectivity index (χ3v) is 4.22. The average Bonchev–Trinajstić information content (AvgIpc) is 2.69. The molecular formula is C20H23NO6. The first-order valence-electron chi connectivity index (χ1n) is 8.58. The van der Waals surface area contributed by atoms with E-state index in [2.05, 4.69) is 0 Å². The molecule has 0 radical (unpaired) electrons. The van der Waals surface area contributed by atoms with Gasteiger partial charge in [0.2, 0.25) is 0 Å². The quantitative estimate of drug-likeness (QED) is 0.274. The molecule has 144 valence electrons. The number of non-ortho nitro benzene ring substituents is 1. The van der Waals surface area contributed by atoms with Crippen molar-refractivity contribution in [1.82, 2.24) is 0 Å². The van der Waals surface area contributed by atoms with E-state index in [4.69, 9.17) is 14.2 Å². The number of hydrogen-bond acceptors (Lipinski definition) is 6. The fourth-order valence-electron chi connectivity index (χ4n) is 2.91. The average molecular weight is 373 g/mol. The summed E-state index contributed by atoms with van der Waals surface area (Å²) in [5.74, 6) is 0.481. The van der Waals surface area contributed by atoms with Gasteiger partial charge in [0, 0.05) is 37.5 Å². The first-order chi connectivity index (χ1) is 13.0. The van der Waals surface area contributed by atoms with Crippen molar-refractivity contribution in [2.45, 2.75) is 19.8 Å². The number of ether oxygens (including phenoxy) is 3. The second-order valence-corrected chi connectivity index (χ2v) is 5.85. The molecule has 0 heterocycles. The summed E-state index contributed by atoms with van der Waals surface area (Å²) in [5.41, 5.74) is 2.67. The molecule has 0 N–H and O–H groups in total. The third kappa shape index (κ3) is 4.90. The number of nitrogens with zero attached hydrogens (tertiary/aromatic N) is 1. The van der Waals surface area contributed by atoms with Crippen LogP contribution in [0.1, 0.15) is 34.0 Å². The lowest BCUT2D eigenvalue weighted by atomic mass is 9.91. The van der Waals surface area contributed by atoms with E-state index in [1.165, 1.54) is 24.3 Å². The third-order valence-electron chi connectivity index (χ3n) is 4.22. The number of nitro benzene ring substituents is 1. The van der Waals surface area contributed by atoms with Gasteiger partial charge >= 0.3 is 0 Å². The van der Waals surface area contributed by atoms with E-state index in [-0.39, 0.29) is 18.3 Å². The van der Waals surface area contributed by atoms with Crippen LogP contribution in [0, 0.1) is 10.1 Å². The SMILES string of the molecule is CCc1c(OCOC)ccc(C(=O)c2ccc([N+](=O)[O-])cc2)c1CCOC. The highest BCUT2D eigenvalue weighted by atomic mass is 16.7. The number of hydrogen-bond donors (Lipinski definition) is 0. The summed E-state index contributed by atoms with van der Waals surface area (Å²) >= 11 is 0. The highest BCUT2D eigenvalue weighted by Crippen LogP contribution is 2.29. The Bertz CT molecular complexity index is 801. The number of benzene rings is 2. The van der Waals surface area contributed by atoms with Gasteiger partial charge in [-0.15, -0.1) is 0 Å². The van der Waals surface area contributed by atoms with Gasteiger partial charge in [0.05, 0.1) is 11.5 Å². The normalized spacial score (nSPS) is 10.6. The summed E-state index contributed by atoms with van der Waals surface area (Å²) in [6.07, 6.45) is 1.23. The number of carbonyl (C=O) groups is 1. The molecule has 0 unspecified atom stereocenters. The summed E-state index contributed by atoms with van der Waals surface area (Å²) < 4.78 is 15.8. The van der Waals surface area contributed by atoms with Crippen LogP contribution in [-0.2, 0) is 22.3 Å². The molecule has 0 fully saturated rings. The molecule has 0 amide bonds. The van der Waals surface area contributed by atoms with Crippen LogP contribution in [0.4, 0.5) is 5.69 Å². The smallest absolute Gasteiger partial charge is 0.269 e. The number of rotatable bonds is 10. The Kier molecular flexibility index (Phi) is 7.45. The van der Waals surface area contributed by atoms with Gasteiger partial charge in [-0.3, -0.25) is 14.9 Å². The number of nitro groups is 1. The van der Waals surface area contributed by atoms with Crippen molar-refractivity contribution in [2.75, 3.05) is 27.6 Å². The van der Waals surface area contributed by atoms with Gasteiger partial charge in [-0.2, -0.15) is 0 Å². The summed E-state index contributed by atoms with van der Waals surface area (Å²) in [6, 6.07) is 9.09. The number of carbonyl (C=O) groups excluding carboxylic acids is 1. The largest absolute Gasteiger partial charge is 0.467 e. The second-order valence-electron chi connectivity index (χ2n) is 5.85. The number of methoxy groups -OCH3 is 2. The maximum Gasteiger partial charge on any atom is 0.269 e. The molecule has 2 aromatic rings. The molecule has 2 aromatic carbocycles. The lowest BCUT2D eigenvalue weighted by Crippen LogP contribution is -2.12. The maximum absolute atomic E-state index is 13.0. The van der Waals surface area contributed by atoms with E-state index in [0.29, 0.717) is 36.3 Å². The van der Waals surface area contributed by atoms with E-state index in [1.807, 2.05) is 6.92 Å². The van der Waals surface area contributed by atoms with Gasteiger partial charge < -0.3 is 14.2 Å². The molecule has 0 aliphatic heterocycles. The van der Waals surface area contributed by atoms with Crippen LogP contribution < -0.4 is 4.74 Å². The Hall–Kier alpha value is -2.77. The zero-order valence-corrected chi connectivity index (χ0v) is 15.7. The molecule has 0 aliphatic carbocycles. The standard InChI is InChI=1S/C20H23NO6/c1-4-16-17(11-12-25-2)18(9-10-19(16)27-13-26-3)20(22)14-5-7-15(8-6-14)21(23)24/h5-10H,4,11-13H2,1-3H3. The van der Waals surface area contributed by atoms with E-state index in [9.17, 15) is 14.9 Å². The van der Waals surface area contributed by atoms with Crippen molar-refractivity contribution in [3.8, 4) is 5.75 Å². The minimum absolute atomic E-state index is 0.0521. The van der Waals surface area contributed by atoms with Crippen LogP contribution in [0.15, 0.2) is 36.4 Å². The highest BCUT2D eigenvalue weighted by Gasteiger charge is 2.20. The van der Waals surface area contributed by atoms with Crippen LogP contribution in [0.5, 0.6) is 5.75 Å². The monoisotopic (exact) mass is 373 g/mol. The zero-order chi connectivity index (χ0) is 19.8. The van der Waals surface area contributed by atoms with Crippen LogP contribution in [0.2, 0.25) is 0 Å². The predicted octanol–water partition coefficient (Wildman–Crippen LogP) is 3.56. The first-order valence-corrected chi connectivity index (χ1v) is 8.58. The molecule has 0 aromatic heterocycles. The summed E-state index contributed by atoms with van der Waals surface area (Å²) in [4.78, 5) is 23.4. The lowest BCUT2D eigenvalue weighted by Gasteiger charge is -2.18. The molecular weight excluding hydrogens is 350 g/mol. The maximum atomic E-state index is 13.0. The predicted molar refractivity (Wildman–Crippen MR) is 100 cm³/mol. The Morgan fingerprint density at radius 2 is 1.74 bits per heavy atom. The van der Waals surface area contributed by atoms with Crippen LogP contribution in [0.25, 0.3) is 0 Å². The van der Waals surface area contributed by atoms with Crippen molar-refractivity contribution in [1.29, 1.82) is 0 Å². The van der Waals surface area contributed by atoms with E-state index in [0.717, 1.165) is 11.1 Å². The Morgan fingerprint density at radius 1 is 1.04 bits per heavy atom. The topological polar surface area (TPSA) is 87.9 Å². The molecule has 2 rings (SSSR count). The van der Waals surface area contributed by atoms with E-state index in [1.54, 1.807) is 26.4 Å². The van der Waals surface area contributed by atoms with Gasteiger partial charge in [-0.1, -0.05) is 6.92 Å². The van der Waals surface area contributed by atoms with Gasteiger partial charge in [-0.05, 0) is 48.2 Å². The van der Waals surface area contributed by atoms with Crippen molar-refractivity contribution in [2.24, 2.45) is 0 Å². The van der Waals surface area contributed by atoms with Gasteiger partial charge in [0.25, 0.3) is 5.69 Å². The molecule has 0 spiro atoms. The van der Waals surface area contributed by atoms with Crippen LogP contribution >= 0.6 is 0 Å². The minimum Gasteiger partial charge on any atom is -0.467 e. The zero-order valence-electron chi connectivity index (χ0n) is 15.7. The van der Waals surface area contributed by atoms with Gasteiger partial charge in [0.15, 0.2) is 12.6 Å². The summed E-state index contributed by atoms with van der Waals surface area (Å²) in [7, 11) is 3.15. The van der Waals surface area contributed by atoms with Gasteiger partial charge in [-0.25, -0.2) is 0 Å². The van der Waals surface area contributed by atoms with Crippen molar-refractivity contribution in [3.63, 3.8) is 0 Å². The molecule has 27 heavy (non-hydrogen) atoms. The first kappa shape index (κ1) is 20.5. The van der Waals surface area contributed by atoms with Crippen LogP contribution in [-0.4, -0.2) is 38.3 Å². The Balaban J connectivity index is 2.46. The van der Waals surface area contributed by atoms with Crippen molar-refractivity contribution in [3.05, 3.63) is 68.8 Å². The fraction of sp³-hybridized carbons (Fsp3) is 0.350. The van der Waals surface area contributed by atoms with E-state index >= 15 is 0 Å². The fourth-order valence-corrected chi connectivity index (χ4v) is 2.91. The molecule has 0 bridgehead atoms. The van der Waals surface area contributed by atoms with E-state index < -0.39 is 4.92 Å². The molecule has 7 heteroatoms. The molecule has 7 nitrogen and oxygen atoms in total. The molecule has 0 aliphatic rings. The second kappa shape index (κ2) is 9.80. The molecule has 0 saturated heterocycles. The summed E-state index contributed by atoms with van der Waals surface area (Å²) in [5, 5.41) is 10.8. The number of ketones is 1. The minimum atomic E-state index is -0.491. The Labute approximate surface area is 158 Å². The Morgan fingerprint density at radius 3 is 2.30 bits per heavy atom. The van der Waals surface area contributed by atoms with Crippen LogP contribution in [0.3, 0.4) is 0 Å². The van der Waals surface area contributed by atoms with Crippen molar-refractivity contribution >= 4 is 11.5 Å². The van der Waals surface area contributed by atoms with Crippen molar-refractivity contribution < 1.29 is 23.9 Å².